The maximum Gasteiger partial charge on any atom is 0.241 e. The summed E-state index contributed by atoms with van der Waals surface area (Å²) in [4.78, 5) is 22.6. The first kappa shape index (κ1) is 29.3. The Bertz CT molecular complexity index is 1540. The zero-order valence-electron chi connectivity index (χ0n) is 25.7. The number of piperidine rings is 1. The summed E-state index contributed by atoms with van der Waals surface area (Å²) in [6, 6.07) is 25.8. The zero-order valence-corrected chi connectivity index (χ0v) is 25.7. The molecule has 43 heavy (non-hydrogen) atoms. The molecule has 2 aliphatic rings. The molecule has 1 N–H and O–H groups in total. The van der Waals surface area contributed by atoms with E-state index in [1.165, 1.54) is 22.3 Å². The number of carbonyl (C=O) groups is 1. The molecule has 7 heteroatoms. The van der Waals surface area contributed by atoms with Crippen molar-refractivity contribution >= 4 is 5.91 Å². The fourth-order valence-corrected chi connectivity index (χ4v) is 6.28. The average molecular weight is 578 g/mol. The van der Waals surface area contributed by atoms with E-state index in [0.717, 1.165) is 56.6 Å². The number of carbonyl (C=O) groups excluding carboxylic acids is 1. The van der Waals surface area contributed by atoms with Gasteiger partial charge in [-0.25, -0.2) is 0 Å². The standard InChI is InChI=1S/C36H43N5O2/c1-36(2,3)32-15-13-29(14-16-32)34-38-33(43-39-34)25-40-18-7-12-31(24-40)35(42)37-21-26-8-6-9-27(20-26)22-41-19-17-28-10-4-5-11-30(28)23-41/h4-6,8-11,13-16,20,31H,7,12,17-19,21-25H2,1-3H3,(H,37,42). The smallest absolute Gasteiger partial charge is 0.241 e. The van der Waals surface area contributed by atoms with Gasteiger partial charge in [0.05, 0.1) is 12.5 Å². The van der Waals surface area contributed by atoms with Crippen molar-refractivity contribution < 1.29 is 9.32 Å². The van der Waals surface area contributed by atoms with Gasteiger partial charge in [0, 0.05) is 38.3 Å². The third-order valence-corrected chi connectivity index (χ3v) is 8.79. The van der Waals surface area contributed by atoms with Gasteiger partial charge in [-0.1, -0.05) is 98.7 Å². The summed E-state index contributed by atoms with van der Waals surface area (Å²) < 4.78 is 5.60. The number of aromatic nitrogens is 2. The number of amides is 1. The molecular weight excluding hydrogens is 534 g/mol. The van der Waals surface area contributed by atoms with Crippen LogP contribution in [-0.4, -0.2) is 45.5 Å². The molecule has 3 heterocycles. The first-order chi connectivity index (χ1) is 20.8. The average Bonchev–Trinajstić information content (AvgIpc) is 3.48. The molecule has 6 rings (SSSR count). The van der Waals surface area contributed by atoms with Crippen LogP contribution in [0.25, 0.3) is 11.4 Å². The van der Waals surface area contributed by atoms with E-state index in [9.17, 15) is 4.79 Å². The van der Waals surface area contributed by atoms with Gasteiger partial charge in [0.1, 0.15) is 0 Å². The Labute approximate surface area is 255 Å². The lowest BCUT2D eigenvalue weighted by atomic mass is 9.87. The third-order valence-electron chi connectivity index (χ3n) is 8.79. The van der Waals surface area contributed by atoms with Crippen LogP contribution in [0.1, 0.15) is 67.3 Å². The summed E-state index contributed by atoms with van der Waals surface area (Å²) in [7, 11) is 0. The first-order valence-electron chi connectivity index (χ1n) is 15.6. The van der Waals surface area contributed by atoms with Crippen LogP contribution >= 0.6 is 0 Å². The Morgan fingerprint density at radius 2 is 1.72 bits per heavy atom. The van der Waals surface area contributed by atoms with Gasteiger partial charge >= 0.3 is 0 Å². The van der Waals surface area contributed by atoms with E-state index in [-0.39, 0.29) is 17.2 Å². The summed E-state index contributed by atoms with van der Waals surface area (Å²) >= 11 is 0. The number of fused-ring (bicyclic) bond motifs is 1. The van der Waals surface area contributed by atoms with Crippen molar-refractivity contribution in [3.05, 3.63) is 107 Å². The third kappa shape index (κ3) is 7.40. The fourth-order valence-electron chi connectivity index (χ4n) is 6.28. The molecule has 0 spiro atoms. The molecule has 1 unspecified atom stereocenters. The van der Waals surface area contributed by atoms with Gasteiger partial charge in [-0.15, -0.1) is 0 Å². The monoisotopic (exact) mass is 577 g/mol. The predicted molar refractivity (Wildman–Crippen MR) is 169 cm³/mol. The number of benzene rings is 3. The van der Waals surface area contributed by atoms with Crippen LogP contribution in [0.15, 0.2) is 77.3 Å². The second kappa shape index (κ2) is 12.8. The molecule has 3 aromatic carbocycles. The number of hydrogen-bond donors (Lipinski definition) is 1. The maximum atomic E-state index is 13.2. The van der Waals surface area contributed by atoms with Crippen molar-refractivity contribution in [2.24, 2.45) is 5.92 Å². The van der Waals surface area contributed by atoms with E-state index in [1.54, 1.807) is 0 Å². The summed E-state index contributed by atoms with van der Waals surface area (Å²) in [5.74, 6) is 1.27. The number of nitrogens with zero attached hydrogens (tertiary/aromatic N) is 4. The largest absolute Gasteiger partial charge is 0.352 e. The molecule has 1 fully saturated rings. The van der Waals surface area contributed by atoms with Gasteiger partial charge in [0.2, 0.25) is 17.6 Å². The predicted octanol–water partition coefficient (Wildman–Crippen LogP) is 6.12. The van der Waals surface area contributed by atoms with Crippen LogP contribution in [0.3, 0.4) is 0 Å². The number of rotatable bonds is 8. The molecule has 0 bridgehead atoms. The Balaban J connectivity index is 0.990. The normalized spacial score (nSPS) is 17.9. The van der Waals surface area contributed by atoms with Gasteiger partial charge in [0.25, 0.3) is 0 Å². The number of likely N-dealkylation sites (tertiary alicyclic amines) is 1. The summed E-state index contributed by atoms with van der Waals surface area (Å²) in [5, 5.41) is 7.43. The van der Waals surface area contributed by atoms with Gasteiger partial charge in [0.15, 0.2) is 0 Å². The molecule has 224 valence electrons. The lowest BCUT2D eigenvalue weighted by molar-refractivity contribution is -0.127. The van der Waals surface area contributed by atoms with E-state index < -0.39 is 0 Å². The van der Waals surface area contributed by atoms with Gasteiger partial charge in [-0.3, -0.25) is 14.6 Å². The van der Waals surface area contributed by atoms with Crippen molar-refractivity contribution in [1.82, 2.24) is 25.3 Å². The molecular formula is C36H43N5O2. The Hall–Kier alpha value is -3.81. The number of nitrogens with one attached hydrogen (secondary N) is 1. The molecule has 2 aliphatic heterocycles. The lowest BCUT2D eigenvalue weighted by Crippen LogP contribution is -2.42. The van der Waals surface area contributed by atoms with E-state index in [2.05, 4.69) is 119 Å². The van der Waals surface area contributed by atoms with Crippen LogP contribution in [0.5, 0.6) is 0 Å². The molecule has 1 saturated heterocycles. The summed E-state index contributed by atoms with van der Waals surface area (Å²) in [5.41, 5.74) is 7.66. The molecule has 1 atom stereocenters. The van der Waals surface area contributed by atoms with E-state index in [4.69, 9.17) is 4.52 Å². The minimum Gasteiger partial charge on any atom is -0.352 e. The molecule has 0 aliphatic carbocycles. The van der Waals surface area contributed by atoms with Crippen molar-refractivity contribution in [3.8, 4) is 11.4 Å². The van der Waals surface area contributed by atoms with Crippen LogP contribution < -0.4 is 5.32 Å². The van der Waals surface area contributed by atoms with Crippen LogP contribution in [0.4, 0.5) is 0 Å². The number of hydrogen-bond acceptors (Lipinski definition) is 6. The Morgan fingerprint density at radius 1 is 0.930 bits per heavy atom. The van der Waals surface area contributed by atoms with Gasteiger partial charge in [-0.2, -0.15) is 4.98 Å². The maximum absolute atomic E-state index is 13.2. The molecule has 4 aromatic rings. The van der Waals surface area contributed by atoms with Gasteiger partial charge in [-0.05, 0) is 59.0 Å². The van der Waals surface area contributed by atoms with Crippen LogP contribution in [0.2, 0.25) is 0 Å². The highest BCUT2D eigenvalue weighted by molar-refractivity contribution is 5.79. The second-order valence-electron chi connectivity index (χ2n) is 13.2. The Kier molecular flexibility index (Phi) is 8.73. The van der Waals surface area contributed by atoms with Crippen molar-refractivity contribution in [1.29, 1.82) is 0 Å². The van der Waals surface area contributed by atoms with Crippen molar-refractivity contribution in [2.45, 2.75) is 71.6 Å². The van der Waals surface area contributed by atoms with Crippen molar-refractivity contribution in [2.75, 3.05) is 19.6 Å². The lowest BCUT2D eigenvalue weighted by Gasteiger charge is -2.31. The Morgan fingerprint density at radius 3 is 2.53 bits per heavy atom. The van der Waals surface area contributed by atoms with E-state index in [0.29, 0.717) is 31.3 Å². The van der Waals surface area contributed by atoms with E-state index in [1.807, 2.05) is 0 Å². The zero-order chi connectivity index (χ0) is 29.8. The molecule has 1 aromatic heterocycles. The highest BCUT2D eigenvalue weighted by Crippen LogP contribution is 2.26. The SMILES string of the molecule is CC(C)(C)c1ccc(-c2noc(CN3CCCC(C(=O)NCc4cccc(CN5CCc6ccccc6C5)c4)C3)n2)cc1. The van der Waals surface area contributed by atoms with E-state index >= 15 is 0 Å². The van der Waals surface area contributed by atoms with Crippen LogP contribution in [0, 0.1) is 5.92 Å². The quantitative estimate of drug-likeness (QED) is 0.272. The van der Waals surface area contributed by atoms with Crippen LogP contribution in [-0.2, 0) is 42.8 Å². The first-order valence-corrected chi connectivity index (χ1v) is 15.6. The van der Waals surface area contributed by atoms with Gasteiger partial charge < -0.3 is 9.84 Å². The summed E-state index contributed by atoms with van der Waals surface area (Å²) in [6.07, 6.45) is 2.97. The minimum absolute atomic E-state index is 0.0438. The molecule has 0 saturated carbocycles. The van der Waals surface area contributed by atoms with Crippen molar-refractivity contribution in [3.63, 3.8) is 0 Å². The molecule has 0 radical (unpaired) electrons. The molecule has 7 nitrogen and oxygen atoms in total. The summed E-state index contributed by atoms with van der Waals surface area (Å²) in [6.45, 7) is 12.3. The fraction of sp³-hybridized carbons (Fsp3) is 0.417. The second-order valence-corrected chi connectivity index (χ2v) is 13.2. The highest BCUT2D eigenvalue weighted by atomic mass is 16.5. The molecule has 1 amide bonds. The topological polar surface area (TPSA) is 74.5 Å². The minimum atomic E-state index is -0.0438. The highest BCUT2D eigenvalue weighted by Gasteiger charge is 2.27.